The highest BCUT2D eigenvalue weighted by molar-refractivity contribution is 7.51. The van der Waals surface area contributed by atoms with Gasteiger partial charge in [0.2, 0.25) is 0 Å². The zero-order valence-electron chi connectivity index (χ0n) is 13.5. The van der Waals surface area contributed by atoms with E-state index in [1.165, 1.54) is 11.1 Å². The molecule has 5 nitrogen and oxygen atoms in total. The van der Waals surface area contributed by atoms with E-state index in [-0.39, 0.29) is 0 Å². The molecule has 1 aliphatic rings. The first kappa shape index (κ1) is 16.9. The van der Waals surface area contributed by atoms with Gasteiger partial charge in [0.1, 0.15) is 5.69 Å². The fourth-order valence-corrected chi connectivity index (χ4v) is 2.73. The minimum Gasteiger partial charge on any atom is -0.250 e. The van der Waals surface area contributed by atoms with E-state index in [1.54, 1.807) is 0 Å². The van der Waals surface area contributed by atoms with Crippen molar-refractivity contribution in [3.8, 4) is 11.3 Å². The van der Waals surface area contributed by atoms with Crippen molar-refractivity contribution >= 4 is 23.0 Å². The van der Waals surface area contributed by atoms with Crippen LogP contribution in [0.4, 0.5) is 5.69 Å². The van der Waals surface area contributed by atoms with Gasteiger partial charge in [0.15, 0.2) is 0 Å². The third-order valence-corrected chi connectivity index (χ3v) is 3.88. The van der Waals surface area contributed by atoms with Crippen LogP contribution in [-0.4, -0.2) is 24.3 Å². The lowest BCUT2D eigenvalue weighted by atomic mass is 10.1. The van der Waals surface area contributed by atoms with E-state index in [0.717, 1.165) is 34.8 Å². The lowest BCUT2D eigenvalue weighted by Gasteiger charge is -2.02. The van der Waals surface area contributed by atoms with Gasteiger partial charge < -0.3 is 0 Å². The first-order valence-corrected chi connectivity index (χ1v) is 8.36. The molecule has 3 aromatic rings. The molecule has 0 fully saturated rings. The molecule has 0 bridgehead atoms. The predicted octanol–water partition coefficient (Wildman–Crippen LogP) is 3.46. The van der Waals surface area contributed by atoms with Gasteiger partial charge in [-0.05, 0) is 30.7 Å². The van der Waals surface area contributed by atoms with Crippen molar-refractivity contribution in [3.63, 3.8) is 0 Å². The van der Waals surface area contributed by atoms with Crippen LogP contribution in [0.2, 0.25) is 0 Å². The average Bonchev–Trinajstić information content (AvgIpc) is 3.06. The van der Waals surface area contributed by atoms with Crippen molar-refractivity contribution < 1.29 is 8.42 Å². The highest BCUT2D eigenvalue weighted by atomic mass is 32.1. The number of hydrogen-bond donors (Lipinski definition) is 0. The molecule has 25 heavy (non-hydrogen) atoms. The topological polar surface area (TPSA) is 72.3 Å². The second-order valence-electron chi connectivity index (χ2n) is 5.61. The maximum atomic E-state index is 8.29. The summed E-state index contributed by atoms with van der Waals surface area (Å²) >= 11 is -0.750. The minimum absolute atomic E-state index is 0.750. The summed E-state index contributed by atoms with van der Waals surface area (Å²) in [6.45, 7) is 2.10. The Morgan fingerprint density at radius 3 is 2.24 bits per heavy atom. The van der Waals surface area contributed by atoms with Crippen molar-refractivity contribution in [2.24, 2.45) is 4.99 Å². The lowest BCUT2D eigenvalue weighted by Crippen LogP contribution is -2.05. The molecular formula is C19H15N3O2S. The van der Waals surface area contributed by atoms with Crippen LogP contribution >= 0.6 is 0 Å². The maximum Gasteiger partial charge on any atom is 0.335 e. The fourth-order valence-electron chi connectivity index (χ4n) is 2.73. The monoisotopic (exact) mass is 349 g/mol. The molecule has 2 aromatic carbocycles. The average molecular weight is 349 g/mol. The van der Waals surface area contributed by atoms with Gasteiger partial charge in [0, 0.05) is 12.0 Å². The van der Waals surface area contributed by atoms with Gasteiger partial charge in [0.05, 0.1) is 17.1 Å². The van der Waals surface area contributed by atoms with Crippen molar-refractivity contribution in [2.75, 3.05) is 0 Å². The predicted molar refractivity (Wildman–Crippen MR) is 97.5 cm³/mol. The van der Waals surface area contributed by atoms with Crippen LogP contribution in [0.3, 0.4) is 0 Å². The van der Waals surface area contributed by atoms with Gasteiger partial charge in [-0.15, -0.1) is 10.2 Å². The molecule has 1 aromatic heterocycles. The standard InChI is InChI=1S/C19H15N3.O2S/c1-13-7-8-16-15(11-13)12-19(20-16)18-10-9-17(21-22-18)14-5-3-2-4-6-14;1-3-2/h2-11H,12H2,1H3;. The molecule has 0 spiro atoms. The van der Waals surface area contributed by atoms with Crippen molar-refractivity contribution in [3.05, 3.63) is 77.5 Å². The molecule has 0 amide bonds. The van der Waals surface area contributed by atoms with E-state index in [2.05, 4.69) is 40.3 Å². The Labute approximate surface area is 149 Å². The number of nitrogens with zero attached hydrogens (tertiary/aromatic N) is 3. The Morgan fingerprint density at radius 2 is 1.56 bits per heavy atom. The van der Waals surface area contributed by atoms with E-state index in [1.807, 2.05) is 42.5 Å². The van der Waals surface area contributed by atoms with Gasteiger partial charge in [-0.3, -0.25) is 4.99 Å². The number of aromatic nitrogens is 2. The molecule has 1 aliphatic heterocycles. The minimum atomic E-state index is -0.750. The Balaban J connectivity index is 0.000000569. The van der Waals surface area contributed by atoms with Crippen LogP contribution in [0.15, 0.2) is 65.7 Å². The molecule has 0 saturated carbocycles. The van der Waals surface area contributed by atoms with Gasteiger partial charge in [-0.1, -0.05) is 48.0 Å². The van der Waals surface area contributed by atoms with E-state index in [9.17, 15) is 0 Å². The number of aryl methyl sites for hydroxylation is 1. The zero-order valence-corrected chi connectivity index (χ0v) is 14.4. The summed E-state index contributed by atoms with van der Waals surface area (Å²) in [6, 6.07) is 20.5. The molecule has 0 aliphatic carbocycles. The first-order chi connectivity index (χ1) is 12.2. The summed E-state index contributed by atoms with van der Waals surface area (Å²) in [5.41, 5.74) is 7.39. The van der Waals surface area contributed by atoms with E-state index in [0.29, 0.717) is 0 Å². The first-order valence-electron chi connectivity index (χ1n) is 7.69. The van der Waals surface area contributed by atoms with E-state index >= 15 is 0 Å². The molecule has 0 atom stereocenters. The molecule has 0 radical (unpaired) electrons. The number of hydrogen-bond acceptors (Lipinski definition) is 5. The highest BCUT2D eigenvalue weighted by Gasteiger charge is 2.17. The van der Waals surface area contributed by atoms with E-state index < -0.39 is 11.6 Å². The zero-order chi connectivity index (χ0) is 17.6. The van der Waals surface area contributed by atoms with Crippen LogP contribution in [0.5, 0.6) is 0 Å². The Morgan fingerprint density at radius 1 is 0.880 bits per heavy atom. The number of benzene rings is 2. The van der Waals surface area contributed by atoms with Crippen LogP contribution < -0.4 is 0 Å². The fraction of sp³-hybridized carbons (Fsp3) is 0.105. The smallest absolute Gasteiger partial charge is 0.250 e. The number of rotatable bonds is 2. The summed E-state index contributed by atoms with van der Waals surface area (Å²) in [6.07, 6.45) is 0.830. The van der Waals surface area contributed by atoms with Crippen molar-refractivity contribution in [1.82, 2.24) is 10.2 Å². The molecule has 124 valence electrons. The van der Waals surface area contributed by atoms with Crippen LogP contribution in [0.25, 0.3) is 11.3 Å². The maximum absolute atomic E-state index is 8.29. The Bertz CT molecular complexity index is 948. The Hall–Kier alpha value is -2.99. The van der Waals surface area contributed by atoms with E-state index in [4.69, 9.17) is 8.42 Å². The molecular weight excluding hydrogens is 334 g/mol. The summed E-state index contributed by atoms with van der Waals surface area (Å²) in [5, 5.41) is 8.70. The third-order valence-electron chi connectivity index (χ3n) is 3.88. The van der Waals surface area contributed by atoms with Crippen LogP contribution in [-0.2, 0) is 18.0 Å². The van der Waals surface area contributed by atoms with Crippen molar-refractivity contribution in [2.45, 2.75) is 13.3 Å². The summed E-state index contributed by atoms with van der Waals surface area (Å²) < 4.78 is 16.6. The SMILES string of the molecule is Cc1ccc2c(c1)CC(c1ccc(-c3ccccc3)nn1)=N2.O=S=O. The quantitative estimate of drug-likeness (QED) is 0.710. The summed E-state index contributed by atoms with van der Waals surface area (Å²) in [5.74, 6) is 0. The third kappa shape index (κ3) is 3.92. The van der Waals surface area contributed by atoms with Gasteiger partial charge >= 0.3 is 11.6 Å². The van der Waals surface area contributed by atoms with Crippen LogP contribution in [0.1, 0.15) is 16.8 Å². The molecule has 0 saturated heterocycles. The second kappa shape index (κ2) is 7.72. The molecule has 2 heterocycles. The highest BCUT2D eigenvalue weighted by Crippen LogP contribution is 2.29. The Kier molecular flexibility index (Phi) is 5.20. The van der Waals surface area contributed by atoms with Crippen molar-refractivity contribution in [1.29, 1.82) is 0 Å². The van der Waals surface area contributed by atoms with Gasteiger partial charge in [-0.2, -0.15) is 8.42 Å². The largest absolute Gasteiger partial charge is 0.335 e. The van der Waals surface area contributed by atoms with Gasteiger partial charge in [0.25, 0.3) is 0 Å². The number of aliphatic imine (C=N–C) groups is 1. The molecule has 0 unspecified atom stereocenters. The normalized spacial score (nSPS) is 11.8. The second-order valence-corrected chi connectivity index (χ2v) is 5.74. The summed E-state index contributed by atoms with van der Waals surface area (Å²) in [7, 11) is 0. The molecule has 6 heteroatoms. The lowest BCUT2D eigenvalue weighted by molar-refractivity contribution is 0.630. The van der Waals surface area contributed by atoms with Crippen LogP contribution in [0, 0.1) is 6.92 Å². The summed E-state index contributed by atoms with van der Waals surface area (Å²) in [4.78, 5) is 4.68. The number of fused-ring (bicyclic) bond motifs is 1. The van der Waals surface area contributed by atoms with Gasteiger partial charge in [-0.25, -0.2) is 0 Å². The molecule has 0 N–H and O–H groups in total. The molecule has 4 rings (SSSR count).